The van der Waals surface area contributed by atoms with Crippen LogP contribution in [0.1, 0.15) is 16.2 Å². The van der Waals surface area contributed by atoms with Gasteiger partial charge in [0.05, 0.1) is 12.8 Å². The third-order valence-electron chi connectivity index (χ3n) is 3.07. The van der Waals surface area contributed by atoms with E-state index >= 15 is 0 Å². The zero-order valence-electron chi connectivity index (χ0n) is 12.4. The summed E-state index contributed by atoms with van der Waals surface area (Å²) in [6, 6.07) is 7.56. The predicted octanol–water partition coefficient (Wildman–Crippen LogP) is 1.70. The zero-order valence-corrected chi connectivity index (χ0v) is 12.4. The van der Waals surface area contributed by atoms with Gasteiger partial charge in [-0.1, -0.05) is 0 Å². The van der Waals surface area contributed by atoms with Gasteiger partial charge in [-0.2, -0.15) is 10.1 Å². The fraction of sp³-hybridized carbons (Fsp3) is 0.143. The quantitative estimate of drug-likeness (QED) is 0.763. The fourth-order valence-corrected chi connectivity index (χ4v) is 1.99. The van der Waals surface area contributed by atoms with Crippen LogP contribution in [0.3, 0.4) is 0 Å². The van der Waals surface area contributed by atoms with E-state index in [4.69, 9.17) is 4.74 Å². The molecule has 3 rings (SSSR count). The highest BCUT2D eigenvalue weighted by Crippen LogP contribution is 2.14. The second-order valence-electron chi connectivity index (χ2n) is 4.68. The summed E-state index contributed by atoms with van der Waals surface area (Å²) in [6.45, 7) is 1.80. The number of methoxy groups -OCH3 is 1. The summed E-state index contributed by atoms with van der Waals surface area (Å²) in [6.07, 6.45) is 0. The standard InChI is InChI=1S/C14H13FN6O2/c1-8-7-11(12(22)16-13-17-14(23-2)19-18-13)20-21(8)10-5-3-9(15)4-6-10/h3-7H,1-2H3,(H2,16,17,18,19,22). The minimum atomic E-state index is -0.451. The van der Waals surface area contributed by atoms with Crippen LogP contribution in [0.5, 0.6) is 6.01 Å². The van der Waals surface area contributed by atoms with Crippen LogP contribution in [0.2, 0.25) is 0 Å². The Bertz CT molecular complexity index is 839. The topological polar surface area (TPSA) is 97.7 Å². The molecular formula is C14H13FN6O2. The van der Waals surface area contributed by atoms with Crippen LogP contribution in [0.4, 0.5) is 10.3 Å². The molecule has 0 radical (unpaired) electrons. The number of amides is 1. The van der Waals surface area contributed by atoms with Crippen molar-refractivity contribution < 1.29 is 13.9 Å². The van der Waals surface area contributed by atoms with Crippen molar-refractivity contribution in [2.24, 2.45) is 0 Å². The number of carbonyl (C=O) groups is 1. The lowest BCUT2D eigenvalue weighted by Gasteiger charge is -2.03. The Hall–Kier alpha value is -3.23. The van der Waals surface area contributed by atoms with Crippen molar-refractivity contribution >= 4 is 11.9 Å². The predicted molar refractivity (Wildman–Crippen MR) is 79.1 cm³/mol. The number of anilines is 1. The van der Waals surface area contributed by atoms with E-state index in [1.54, 1.807) is 29.8 Å². The van der Waals surface area contributed by atoms with Gasteiger partial charge in [0, 0.05) is 5.69 Å². The van der Waals surface area contributed by atoms with E-state index < -0.39 is 5.91 Å². The lowest BCUT2D eigenvalue weighted by Crippen LogP contribution is -2.14. The van der Waals surface area contributed by atoms with Gasteiger partial charge in [-0.25, -0.2) is 14.2 Å². The van der Waals surface area contributed by atoms with Crippen LogP contribution in [0.25, 0.3) is 5.69 Å². The molecule has 0 saturated carbocycles. The molecule has 0 aliphatic heterocycles. The Morgan fingerprint density at radius 2 is 2.09 bits per heavy atom. The number of halogens is 1. The van der Waals surface area contributed by atoms with E-state index in [-0.39, 0.29) is 23.5 Å². The molecule has 23 heavy (non-hydrogen) atoms. The van der Waals surface area contributed by atoms with E-state index in [1.165, 1.54) is 19.2 Å². The molecule has 0 bridgehead atoms. The normalized spacial score (nSPS) is 10.6. The van der Waals surface area contributed by atoms with Gasteiger partial charge >= 0.3 is 6.01 Å². The monoisotopic (exact) mass is 316 g/mol. The molecule has 1 amide bonds. The van der Waals surface area contributed by atoms with Crippen LogP contribution < -0.4 is 10.1 Å². The van der Waals surface area contributed by atoms with Gasteiger partial charge in [0.2, 0.25) is 5.95 Å². The molecule has 0 aliphatic carbocycles. The van der Waals surface area contributed by atoms with Crippen molar-refractivity contribution in [3.63, 3.8) is 0 Å². The first-order chi connectivity index (χ1) is 11.1. The maximum absolute atomic E-state index is 13.0. The molecule has 0 atom stereocenters. The molecule has 3 aromatic rings. The Morgan fingerprint density at radius 1 is 1.35 bits per heavy atom. The number of nitrogens with zero attached hydrogens (tertiary/aromatic N) is 4. The number of rotatable bonds is 4. The van der Waals surface area contributed by atoms with E-state index in [0.717, 1.165) is 5.69 Å². The molecule has 1 aromatic carbocycles. The minimum Gasteiger partial charge on any atom is -0.466 e. The lowest BCUT2D eigenvalue weighted by molar-refractivity contribution is 0.102. The number of hydrogen-bond donors (Lipinski definition) is 2. The van der Waals surface area contributed by atoms with Crippen LogP contribution in [0.15, 0.2) is 30.3 Å². The number of H-pyrrole nitrogens is 1. The molecule has 2 heterocycles. The summed E-state index contributed by atoms with van der Waals surface area (Å²) in [7, 11) is 1.42. The molecular weight excluding hydrogens is 303 g/mol. The molecule has 118 valence electrons. The van der Waals surface area contributed by atoms with Gasteiger partial charge in [0.1, 0.15) is 5.82 Å². The van der Waals surface area contributed by atoms with Gasteiger partial charge in [0.15, 0.2) is 5.69 Å². The van der Waals surface area contributed by atoms with Crippen molar-refractivity contribution in [1.82, 2.24) is 25.0 Å². The van der Waals surface area contributed by atoms with E-state index in [0.29, 0.717) is 5.69 Å². The van der Waals surface area contributed by atoms with E-state index in [9.17, 15) is 9.18 Å². The number of aryl methyl sites for hydroxylation is 1. The third kappa shape index (κ3) is 3.03. The summed E-state index contributed by atoms with van der Waals surface area (Å²) < 4.78 is 19.4. The number of aromatic nitrogens is 5. The average Bonchev–Trinajstić information content (AvgIpc) is 3.15. The molecule has 0 fully saturated rings. The van der Waals surface area contributed by atoms with Gasteiger partial charge in [0.25, 0.3) is 5.91 Å². The molecule has 2 N–H and O–H groups in total. The van der Waals surface area contributed by atoms with Crippen molar-refractivity contribution in [3.8, 4) is 11.7 Å². The molecule has 0 spiro atoms. The first-order valence-corrected chi connectivity index (χ1v) is 6.67. The second-order valence-corrected chi connectivity index (χ2v) is 4.68. The Labute approximate surface area is 130 Å². The molecule has 9 heteroatoms. The van der Waals surface area contributed by atoms with Gasteiger partial charge in [-0.05, 0) is 37.3 Å². The summed E-state index contributed by atoms with van der Waals surface area (Å²) in [5.74, 6) is -0.635. The summed E-state index contributed by atoms with van der Waals surface area (Å²) in [5, 5.41) is 13.0. The lowest BCUT2D eigenvalue weighted by atomic mass is 10.3. The molecule has 8 nitrogen and oxygen atoms in total. The maximum atomic E-state index is 13.0. The van der Waals surface area contributed by atoms with Gasteiger partial charge < -0.3 is 4.74 Å². The summed E-state index contributed by atoms with van der Waals surface area (Å²) in [5.41, 5.74) is 1.59. The van der Waals surface area contributed by atoms with Gasteiger partial charge in [-0.15, -0.1) is 5.10 Å². The number of hydrogen-bond acceptors (Lipinski definition) is 5. The SMILES string of the molecule is COc1n[nH]c(NC(=O)c2cc(C)n(-c3ccc(F)cc3)n2)n1. The van der Waals surface area contributed by atoms with E-state index in [1.807, 2.05) is 0 Å². The van der Waals surface area contributed by atoms with Crippen molar-refractivity contribution in [2.45, 2.75) is 6.92 Å². The Balaban J connectivity index is 1.82. The largest absolute Gasteiger partial charge is 0.466 e. The highest BCUT2D eigenvalue weighted by Gasteiger charge is 2.15. The fourth-order valence-electron chi connectivity index (χ4n) is 1.99. The van der Waals surface area contributed by atoms with Crippen molar-refractivity contribution in [3.05, 3.63) is 47.5 Å². The number of aromatic amines is 1. The van der Waals surface area contributed by atoms with E-state index in [2.05, 4.69) is 25.6 Å². The van der Waals surface area contributed by atoms with Crippen molar-refractivity contribution in [1.29, 1.82) is 0 Å². The van der Waals surface area contributed by atoms with Crippen LogP contribution in [0, 0.1) is 12.7 Å². The van der Waals surface area contributed by atoms with Crippen LogP contribution in [-0.2, 0) is 0 Å². The first-order valence-electron chi connectivity index (χ1n) is 6.67. The Morgan fingerprint density at radius 3 is 2.74 bits per heavy atom. The second kappa shape index (κ2) is 5.87. The zero-order chi connectivity index (χ0) is 16.4. The molecule has 0 unspecified atom stereocenters. The van der Waals surface area contributed by atoms with Crippen LogP contribution in [-0.4, -0.2) is 38.0 Å². The molecule has 0 saturated heterocycles. The van der Waals surface area contributed by atoms with Crippen molar-refractivity contribution in [2.75, 3.05) is 12.4 Å². The minimum absolute atomic E-state index is 0.119. The maximum Gasteiger partial charge on any atom is 0.336 e. The van der Waals surface area contributed by atoms with Gasteiger partial charge in [-0.3, -0.25) is 10.1 Å². The highest BCUT2D eigenvalue weighted by atomic mass is 19.1. The average molecular weight is 316 g/mol. The first kappa shape index (κ1) is 14.7. The van der Waals surface area contributed by atoms with Crippen LogP contribution >= 0.6 is 0 Å². The Kier molecular flexibility index (Phi) is 3.75. The third-order valence-corrected chi connectivity index (χ3v) is 3.07. The number of nitrogens with one attached hydrogen (secondary N) is 2. The number of ether oxygens (including phenoxy) is 1. The molecule has 2 aromatic heterocycles. The number of benzene rings is 1. The summed E-state index contributed by atoms with van der Waals surface area (Å²) >= 11 is 0. The molecule has 0 aliphatic rings. The smallest absolute Gasteiger partial charge is 0.336 e. The highest BCUT2D eigenvalue weighted by molar-refractivity contribution is 6.01. The summed E-state index contributed by atoms with van der Waals surface area (Å²) in [4.78, 5) is 16.1. The number of carbonyl (C=O) groups excluding carboxylic acids is 1.